The zero-order valence-corrected chi connectivity index (χ0v) is 15.1. The Morgan fingerprint density at radius 1 is 1.11 bits per heavy atom. The molecule has 1 aliphatic rings. The summed E-state index contributed by atoms with van der Waals surface area (Å²) >= 11 is 0. The lowest BCUT2D eigenvalue weighted by Gasteiger charge is -2.18. The van der Waals surface area contributed by atoms with Crippen LogP contribution in [0.4, 0.5) is 0 Å². The van der Waals surface area contributed by atoms with Gasteiger partial charge in [0.15, 0.2) is 23.0 Å². The van der Waals surface area contributed by atoms with Crippen molar-refractivity contribution in [2.75, 3.05) is 14.2 Å². The minimum atomic E-state index is -1.14. The van der Waals surface area contributed by atoms with Gasteiger partial charge >= 0.3 is 11.9 Å². The van der Waals surface area contributed by atoms with Crippen LogP contribution in [0, 0.1) is 0 Å². The summed E-state index contributed by atoms with van der Waals surface area (Å²) in [6, 6.07) is 7.31. The third-order valence-electron chi connectivity index (χ3n) is 4.46. The molecule has 2 aromatic rings. The lowest BCUT2D eigenvalue weighted by molar-refractivity contribution is -0.144. The number of phenols is 2. The molecule has 0 spiro atoms. The number of carbonyl (C=O) groups is 2. The Kier molecular flexibility index (Phi) is 5.12. The van der Waals surface area contributed by atoms with Crippen molar-refractivity contribution in [3.05, 3.63) is 53.1 Å². The minimum absolute atomic E-state index is 0.281. The molecule has 2 atom stereocenters. The van der Waals surface area contributed by atoms with Crippen molar-refractivity contribution in [3.8, 4) is 23.0 Å². The SMILES string of the molecule is COC(=O)[C@@H]1c2c(/C=C/C(=O)O)ccc(OC)c2O[C@H]1c1ccc(O)c(O)c1. The Labute approximate surface area is 160 Å². The number of benzene rings is 2. The summed E-state index contributed by atoms with van der Waals surface area (Å²) in [4.78, 5) is 23.5. The van der Waals surface area contributed by atoms with Gasteiger partial charge < -0.3 is 29.5 Å². The highest BCUT2D eigenvalue weighted by Gasteiger charge is 2.44. The molecule has 1 heterocycles. The highest BCUT2D eigenvalue weighted by Crippen LogP contribution is 2.53. The second-order valence-corrected chi connectivity index (χ2v) is 6.06. The first-order valence-corrected chi connectivity index (χ1v) is 8.25. The van der Waals surface area contributed by atoms with E-state index in [4.69, 9.17) is 19.3 Å². The number of aromatic hydroxyl groups is 2. The van der Waals surface area contributed by atoms with Crippen LogP contribution in [0.25, 0.3) is 6.08 Å². The first-order valence-electron chi connectivity index (χ1n) is 8.25. The fraction of sp³-hybridized carbons (Fsp3) is 0.200. The molecule has 0 saturated heterocycles. The van der Waals surface area contributed by atoms with E-state index in [1.807, 2.05) is 0 Å². The van der Waals surface area contributed by atoms with Crippen molar-refractivity contribution < 1.29 is 39.1 Å². The summed E-state index contributed by atoms with van der Waals surface area (Å²) in [6.45, 7) is 0. The predicted octanol–water partition coefficient (Wildman–Crippen LogP) is 2.59. The van der Waals surface area contributed by atoms with Crippen LogP contribution < -0.4 is 9.47 Å². The number of hydrogen-bond donors (Lipinski definition) is 3. The highest BCUT2D eigenvalue weighted by molar-refractivity contribution is 5.89. The molecule has 0 bridgehead atoms. The number of hydrogen-bond acceptors (Lipinski definition) is 7. The topological polar surface area (TPSA) is 123 Å². The maximum absolute atomic E-state index is 12.6. The molecule has 0 aliphatic carbocycles. The summed E-state index contributed by atoms with van der Waals surface area (Å²) in [5.41, 5.74) is 1.30. The van der Waals surface area contributed by atoms with Gasteiger partial charge in [-0.05, 0) is 35.4 Å². The molecule has 0 saturated carbocycles. The molecule has 3 rings (SSSR count). The maximum atomic E-state index is 12.6. The normalized spacial score (nSPS) is 17.8. The molecular formula is C20H18O8. The van der Waals surface area contributed by atoms with Gasteiger partial charge in [-0.25, -0.2) is 4.79 Å². The van der Waals surface area contributed by atoms with Gasteiger partial charge in [0.25, 0.3) is 0 Å². The highest BCUT2D eigenvalue weighted by atomic mass is 16.5. The van der Waals surface area contributed by atoms with Gasteiger partial charge in [-0.1, -0.05) is 12.1 Å². The van der Waals surface area contributed by atoms with Crippen molar-refractivity contribution in [1.29, 1.82) is 0 Å². The number of esters is 1. The van der Waals surface area contributed by atoms with Gasteiger partial charge in [0.05, 0.1) is 14.2 Å². The van der Waals surface area contributed by atoms with E-state index in [0.717, 1.165) is 6.08 Å². The maximum Gasteiger partial charge on any atom is 0.328 e. The van der Waals surface area contributed by atoms with Gasteiger partial charge in [0.2, 0.25) is 0 Å². The Morgan fingerprint density at radius 3 is 2.46 bits per heavy atom. The molecule has 3 N–H and O–H groups in total. The Balaban J connectivity index is 2.19. The Bertz CT molecular complexity index is 963. The first-order chi connectivity index (χ1) is 13.4. The van der Waals surface area contributed by atoms with Crippen LogP contribution in [0.5, 0.6) is 23.0 Å². The van der Waals surface area contributed by atoms with E-state index >= 15 is 0 Å². The zero-order valence-electron chi connectivity index (χ0n) is 15.1. The van der Waals surface area contributed by atoms with Gasteiger partial charge in [-0.15, -0.1) is 0 Å². The molecule has 8 heteroatoms. The third kappa shape index (κ3) is 3.32. The lowest BCUT2D eigenvalue weighted by atomic mass is 9.87. The van der Waals surface area contributed by atoms with Crippen LogP contribution in [0.15, 0.2) is 36.4 Å². The summed E-state index contributed by atoms with van der Waals surface area (Å²) in [6.07, 6.45) is 1.44. The minimum Gasteiger partial charge on any atom is -0.504 e. The zero-order chi connectivity index (χ0) is 20.4. The number of methoxy groups -OCH3 is 2. The Morgan fingerprint density at radius 2 is 1.86 bits per heavy atom. The number of carbonyl (C=O) groups excluding carboxylic acids is 1. The second kappa shape index (κ2) is 7.51. The summed E-state index contributed by atoms with van der Waals surface area (Å²) in [7, 11) is 2.68. The average molecular weight is 386 g/mol. The molecule has 0 radical (unpaired) electrons. The van der Waals surface area contributed by atoms with Crippen LogP contribution >= 0.6 is 0 Å². The van der Waals surface area contributed by atoms with Gasteiger partial charge in [0, 0.05) is 11.6 Å². The van der Waals surface area contributed by atoms with E-state index in [1.54, 1.807) is 12.1 Å². The molecule has 0 unspecified atom stereocenters. The first kappa shape index (κ1) is 19.1. The van der Waals surface area contributed by atoms with Crippen molar-refractivity contribution in [3.63, 3.8) is 0 Å². The molecule has 28 heavy (non-hydrogen) atoms. The van der Waals surface area contributed by atoms with E-state index in [2.05, 4.69) is 0 Å². The monoisotopic (exact) mass is 386 g/mol. The van der Waals surface area contributed by atoms with Gasteiger partial charge in [-0.3, -0.25) is 4.79 Å². The van der Waals surface area contributed by atoms with Crippen molar-refractivity contribution in [2.24, 2.45) is 0 Å². The van der Waals surface area contributed by atoms with Crippen LogP contribution in [0.1, 0.15) is 28.7 Å². The smallest absolute Gasteiger partial charge is 0.328 e. The van der Waals surface area contributed by atoms with E-state index in [1.165, 1.54) is 38.5 Å². The van der Waals surface area contributed by atoms with E-state index in [-0.39, 0.29) is 17.2 Å². The third-order valence-corrected chi connectivity index (χ3v) is 4.46. The number of aliphatic carboxylic acids is 1. The number of carboxylic acid groups (broad SMARTS) is 1. The molecule has 8 nitrogen and oxygen atoms in total. The number of rotatable bonds is 5. The van der Waals surface area contributed by atoms with Crippen molar-refractivity contribution in [1.82, 2.24) is 0 Å². The fourth-order valence-electron chi connectivity index (χ4n) is 3.20. The summed E-state index contributed by atoms with van der Waals surface area (Å²) in [5.74, 6) is -2.71. The van der Waals surface area contributed by atoms with Gasteiger partial charge in [0.1, 0.15) is 12.0 Å². The fourth-order valence-corrected chi connectivity index (χ4v) is 3.20. The molecule has 1 aliphatic heterocycles. The van der Waals surface area contributed by atoms with Gasteiger partial charge in [-0.2, -0.15) is 0 Å². The number of ether oxygens (including phenoxy) is 3. The second-order valence-electron chi connectivity index (χ2n) is 6.06. The number of fused-ring (bicyclic) bond motifs is 1. The van der Waals surface area contributed by atoms with E-state index in [9.17, 15) is 19.8 Å². The average Bonchev–Trinajstić information content (AvgIpc) is 3.08. The van der Waals surface area contributed by atoms with Crippen LogP contribution in [0.2, 0.25) is 0 Å². The van der Waals surface area contributed by atoms with Crippen LogP contribution in [0.3, 0.4) is 0 Å². The molecule has 0 fully saturated rings. The predicted molar refractivity (Wildman–Crippen MR) is 97.6 cm³/mol. The molecule has 0 amide bonds. The molecular weight excluding hydrogens is 368 g/mol. The van der Waals surface area contributed by atoms with Crippen molar-refractivity contribution in [2.45, 2.75) is 12.0 Å². The van der Waals surface area contributed by atoms with Crippen molar-refractivity contribution >= 4 is 18.0 Å². The van der Waals surface area contributed by atoms with E-state index in [0.29, 0.717) is 22.4 Å². The molecule has 0 aromatic heterocycles. The number of phenolic OH excluding ortho intramolecular Hbond substituents is 2. The van der Waals surface area contributed by atoms with Crippen LogP contribution in [-0.4, -0.2) is 41.5 Å². The van der Waals surface area contributed by atoms with Crippen LogP contribution in [-0.2, 0) is 14.3 Å². The Hall–Kier alpha value is -3.68. The lowest BCUT2D eigenvalue weighted by Crippen LogP contribution is -2.20. The molecule has 146 valence electrons. The largest absolute Gasteiger partial charge is 0.504 e. The quantitative estimate of drug-likeness (QED) is 0.407. The summed E-state index contributed by atoms with van der Waals surface area (Å²) in [5, 5.41) is 28.3. The number of carboxylic acids is 1. The standard InChI is InChI=1S/C20H18O8/c1-26-14-7-4-10(5-8-15(23)24)16-17(20(25)27-2)18(28-19(14)16)11-3-6-12(21)13(22)9-11/h3-9,17-18,21-22H,1-2H3,(H,23,24)/b8-5+/t17-,18+/m1/s1. The summed E-state index contributed by atoms with van der Waals surface area (Å²) < 4.78 is 16.3. The van der Waals surface area contributed by atoms with E-state index < -0.39 is 24.0 Å². The molecule has 2 aromatic carbocycles.